The summed E-state index contributed by atoms with van der Waals surface area (Å²) < 4.78 is 0. The molecule has 1 amide bonds. The molecule has 1 fully saturated rings. The highest BCUT2D eigenvalue weighted by Gasteiger charge is 2.22. The topological polar surface area (TPSA) is 69.8 Å². The van der Waals surface area contributed by atoms with E-state index in [1.165, 1.54) is 10.9 Å². The number of H-pyrrole nitrogens is 1. The van der Waals surface area contributed by atoms with E-state index < -0.39 is 0 Å². The van der Waals surface area contributed by atoms with Crippen molar-refractivity contribution in [3.63, 3.8) is 0 Å². The fourth-order valence-electron chi connectivity index (χ4n) is 3.24. The minimum atomic E-state index is -0.259. The molecule has 1 unspecified atom stereocenters. The van der Waals surface area contributed by atoms with Crippen molar-refractivity contribution in [1.82, 2.24) is 20.6 Å². The van der Waals surface area contributed by atoms with Crippen LogP contribution < -0.4 is 10.6 Å². The number of hydrogen-bond acceptors (Lipinski definition) is 3. The summed E-state index contributed by atoms with van der Waals surface area (Å²) in [5.41, 5.74) is 5.38. The molecule has 1 saturated heterocycles. The highest BCUT2D eigenvalue weighted by Crippen LogP contribution is 2.26. The average Bonchev–Trinajstić information content (AvgIpc) is 3.04. The summed E-state index contributed by atoms with van der Waals surface area (Å²) in [6, 6.07) is 10.1. The van der Waals surface area contributed by atoms with Gasteiger partial charge in [-0.3, -0.25) is 4.79 Å². The zero-order valence-corrected chi connectivity index (χ0v) is 13.6. The molecule has 4 rings (SSSR count). The fraction of sp³-hybridized carbons (Fsp3) is 0.263. The van der Waals surface area contributed by atoms with Crippen LogP contribution >= 0.6 is 0 Å². The number of rotatable bonds is 3. The molecular formula is C19H20N4O. The van der Waals surface area contributed by atoms with Crippen LogP contribution in [0.2, 0.25) is 0 Å². The van der Waals surface area contributed by atoms with Gasteiger partial charge in [-0.05, 0) is 29.2 Å². The van der Waals surface area contributed by atoms with Crippen LogP contribution in [0.3, 0.4) is 0 Å². The summed E-state index contributed by atoms with van der Waals surface area (Å²) in [6.45, 7) is 3.63. The third kappa shape index (κ3) is 2.57. The Morgan fingerprint density at radius 1 is 1.17 bits per heavy atom. The lowest BCUT2D eigenvalue weighted by Gasteiger charge is -2.23. The minimum absolute atomic E-state index is 0.0389. The molecule has 1 aliphatic rings. The smallest absolute Gasteiger partial charge is 0.241 e. The van der Waals surface area contributed by atoms with Crippen molar-refractivity contribution in [2.45, 2.75) is 19.4 Å². The maximum atomic E-state index is 11.9. The molecule has 0 aliphatic carbocycles. The van der Waals surface area contributed by atoms with Gasteiger partial charge in [0.05, 0.1) is 0 Å². The van der Waals surface area contributed by atoms with E-state index >= 15 is 0 Å². The summed E-state index contributed by atoms with van der Waals surface area (Å²) in [4.78, 5) is 19.7. The molecule has 1 atom stereocenters. The Balaban J connectivity index is 1.66. The standard InChI is InChI=1S/C19H20N4O/c1-2-12-10-22-18-16(12)9-15(11-23-18)13-3-5-14(6-4-13)17-19(24)21-8-7-20-17/h3-6,9-11,17,20H,2,7-8H2,1H3,(H,21,24)(H,22,23). The second-order valence-electron chi connectivity index (χ2n) is 6.09. The highest BCUT2D eigenvalue weighted by atomic mass is 16.2. The second kappa shape index (κ2) is 6.09. The molecule has 5 nitrogen and oxygen atoms in total. The summed E-state index contributed by atoms with van der Waals surface area (Å²) in [7, 11) is 0. The number of piperazine rings is 1. The molecule has 0 bridgehead atoms. The average molecular weight is 320 g/mol. The van der Waals surface area contributed by atoms with Gasteiger partial charge >= 0.3 is 0 Å². The van der Waals surface area contributed by atoms with E-state index in [4.69, 9.17) is 0 Å². The number of benzene rings is 1. The zero-order chi connectivity index (χ0) is 16.5. The van der Waals surface area contributed by atoms with E-state index in [1.54, 1.807) is 0 Å². The predicted octanol–water partition coefficient (Wildman–Crippen LogP) is 2.55. The molecule has 3 N–H and O–H groups in total. The number of carbonyl (C=O) groups is 1. The van der Waals surface area contributed by atoms with Gasteiger partial charge in [-0.1, -0.05) is 31.2 Å². The van der Waals surface area contributed by atoms with Crippen molar-refractivity contribution in [3.8, 4) is 11.1 Å². The van der Waals surface area contributed by atoms with Crippen LogP contribution in [0.4, 0.5) is 0 Å². The molecule has 0 spiro atoms. The van der Waals surface area contributed by atoms with Gasteiger partial charge in [0.2, 0.25) is 5.91 Å². The summed E-state index contributed by atoms with van der Waals surface area (Å²) in [5.74, 6) is 0.0389. The zero-order valence-electron chi connectivity index (χ0n) is 13.6. The van der Waals surface area contributed by atoms with Gasteiger partial charge in [-0.2, -0.15) is 0 Å². The number of pyridine rings is 1. The van der Waals surface area contributed by atoms with Gasteiger partial charge in [-0.15, -0.1) is 0 Å². The molecule has 1 aliphatic heterocycles. The van der Waals surface area contributed by atoms with Gasteiger partial charge in [-0.25, -0.2) is 4.98 Å². The molecule has 2 aromatic heterocycles. The summed E-state index contributed by atoms with van der Waals surface area (Å²) in [5, 5.41) is 7.32. The maximum absolute atomic E-state index is 11.9. The van der Waals surface area contributed by atoms with Crippen molar-refractivity contribution in [2.75, 3.05) is 13.1 Å². The van der Waals surface area contributed by atoms with E-state index in [9.17, 15) is 4.79 Å². The van der Waals surface area contributed by atoms with E-state index in [0.717, 1.165) is 35.3 Å². The third-order valence-electron chi connectivity index (χ3n) is 4.61. The highest BCUT2D eigenvalue weighted by molar-refractivity contribution is 5.85. The van der Waals surface area contributed by atoms with Crippen LogP contribution in [0.5, 0.6) is 0 Å². The Labute approximate surface area is 140 Å². The van der Waals surface area contributed by atoms with Gasteiger partial charge in [0.25, 0.3) is 0 Å². The molecule has 5 heteroatoms. The Hall–Kier alpha value is -2.66. The third-order valence-corrected chi connectivity index (χ3v) is 4.61. The van der Waals surface area contributed by atoms with Crippen LogP contribution in [0.15, 0.2) is 42.7 Å². The number of aryl methyl sites for hydroxylation is 1. The number of fused-ring (bicyclic) bond motifs is 1. The Morgan fingerprint density at radius 3 is 2.75 bits per heavy atom. The van der Waals surface area contributed by atoms with Crippen LogP contribution in [-0.2, 0) is 11.2 Å². The number of carbonyl (C=O) groups excluding carboxylic acids is 1. The first-order valence-corrected chi connectivity index (χ1v) is 8.33. The van der Waals surface area contributed by atoms with Gasteiger partial charge in [0, 0.05) is 36.4 Å². The SMILES string of the molecule is CCc1c[nH]c2ncc(-c3ccc(C4NCCNC4=O)cc3)cc12. The Kier molecular flexibility index (Phi) is 3.78. The molecule has 3 aromatic rings. The number of aromatic amines is 1. The van der Waals surface area contributed by atoms with Crippen LogP contribution in [-0.4, -0.2) is 29.0 Å². The number of amides is 1. The molecule has 24 heavy (non-hydrogen) atoms. The monoisotopic (exact) mass is 320 g/mol. The van der Waals surface area contributed by atoms with Crippen molar-refractivity contribution in [2.24, 2.45) is 0 Å². The van der Waals surface area contributed by atoms with Crippen molar-refractivity contribution in [1.29, 1.82) is 0 Å². The normalized spacial score (nSPS) is 17.9. The first-order valence-electron chi connectivity index (χ1n) is 8.33. The first-order chi connectivity index (χ1) is 11.8. The molecular weight excluding hydrogens is 300 g/mol. The lowest BCUT2D eigenvalue weighted by molar-refractivity contribution is -0.124. The Morgan fingerprint density at radius 2 is 2.00 bits per heavy atom. The minimum Gasteiger partial charge on any atom is -0.353 e. The van der Waals surface area contributed by atoms with E-state index in [0.29, 0.717) is 6.54 Å². The summed E-state index contributed by atoms with van der Waals surface area (Å²) in [6.07, 6.45) is 4.89. The molecule has 0 radical (unpaired) electrons. The second-order valence-corrected chi connectivity index (χ2v) is 6.09. The van der Waals surface area contributed by atoms with E-state index in [-0.39, 0.29) is 11.9 Å². The number of aromatic nitrogens is 2. The maximum Gasteiger partial charge on any atom is 0.241 e. The van der Waals surface area contributed by atoms with Gasteiger partial charge in [0.15, 0.2) is 0 Å². The van der Waals surface area contributed by atoms with Crippen molar-refractivity contribution in [3.05, 3.63) is 53.9 Å². The lowest BCUT2D eigenvalue weighted by Crippen LogP contribution is -2.47. The molecule has 122 valence electrons. The van der Waals surface area contributed by atoms with E-state index in [2.05, 4.69) is 45.7 Å². The molecule has 3 heterocycles. The molecule has 1 aromatic carbocycles. The number of nitrogens with zero attached hydrogens (tertiary/aromatic N) is 1. The first kappa shape index (κ1) is 14.9. The number of hydrogen-bond donors (Lipinski definition) is 3. The lowest BCUT2D eigenvalue weighted by atomic mass is 9.99. The van der Waals surface area contributed by atoms with Crippen LogP contribution in [0.25, 0.3) is 22.2 Å². The van der Waals surface area contributed by atoms with Crippen LogP contribution in [0.1, 0.15) is 24.1 Å². The summed E-state index contributed by atoms with van der Waals surface area (Å²) >= 11 is 0. The van der Waals surface area contributed by atoms with Crippen molar-refractivity contribution < 1.29 is 4.79 Å². The predicted molar refractivity (Wildman–Crippen MR) is 94.7 cm³/mol. The van der Waals surface area contributed by atoms with Gasteiger partial charge < -0.3 is 15.6 Å². The van der Waals surface area contributed by atoms with Crippen molar-refractivity contribution >= 4 is 16.9 Å². The largest absolute Gasteiger partial charge is 0.353 e. The van der Waals surface area contributed by atoms with E-state index in [1.807, 2.05) is 24.5 Å². The quantitative estimate of drug-likeness (QED) is 0.694. The fourth-order valence-corrected chi connectivity index (χ4v) is 3.24. The van der Waals surface area contributed by atoms with Gasteiger partial charge in [0.1, 0.15) is 11.7 Å². The number of nitrogens with one attached hydrogen (secondary N) is 3. The van der Waals surface area contributed by atoms with Crippen LogP contribution in [0, 0.1) is 0 Å². The molecule has 0 saturated carbocycles. The Bertz CT molecular complexity index is 882.